The van der Waals surface area contributed by atoms with E-state index >= 15 is 0 Å². The minimum atomic E-state index is -0.213. The first kappa shape index (κ1) is 16.8. The fourth-order valence-corrected chi connectivity index (χ4v) is 3.08. The molecule has 0 bridgehead atoms. The quantitative estimate of drug-likeness (QED) is 0.788. The van der Waals surface area contributed by atoms with Gasteiger partial charge in [0.2, 0.25) is 0 Å². The van der Waals surface area contributed by atoms with Gasteiger partial charge >= 0.3 is 0 Å². The Morgan fingerprint density at radius 1 is 1.21 bits per heavy atom. The number of hydrogen-bond acceptors (Lipinski definition) is 3. The Kier molecular flexibility index (Phi) is 5.38. The first-order valence-electron chi connectivity index (χ1n) is 8.28. The lowest BCUT2D eigenvalue weighted by Gasteiger charge is -2.33. The van der Waals surface area contributed by atoms with E-state index in [1.165, 1.54) is 12.1 Å². The Morgan fingerprint density at radius 2 is 2.00 bits per heavy atom. The molecule has 1 heterocycles. The fraction of sp³-hybridized carbons (Fsp3) is 0.350. The van der Waals surface area contributed by atoms with Gasteiger partial charge in [-0.2, -0.15) is 0 Å². The zero-order valence-electron chi connectivity index (χ0n) is 13.9. The Hall–Kier alpha value is -2.04. The van der Waals surface area contributed by atoms with Crippen molar-refractivity contribution in [3.05, 3.63) is 71.0 Å². The molecule has 0 spiro atoms. The summed E-state index contributed by atoms with van der Waals surface area (Å²) >= 11 is 0. The van der Waals surface area contributed by atoms with Crippen LogP contribution in [0, 0.1) is 5.82 Å². The summed E-state index contributed by atoms with van der Waals surface area (Å²) in [6.45, 7) is 4.81. The zero-order chi connectivity index (χ0) is 16.9. The SMILES string of the molecule is CC(=O)c1cccc(CN2CCO[C@H](Cc3ccc(F)cc3)C2)c1. The van der Waals surface area contributed by atoms with Crippen molar-refractivity contribution in [2.75, 3.05) is 19.7 Å². The number of rotatable bonds is 5. The topological polar surface area (TPSA) is 29.5 Å². The molecule has 24 heavy (non-hydrogen) atoms. The molecule has 0 radical (unpaired) electrons. The van der Waals surface area contributed by atoms with Gasteiger partial charge in [0.25, 0.3) is 0 Å². The highest BCUT2D eigenvalue weighted by molar-refractivity contribution is 5.94. The lowest BCUT2D eigenvalue weighted by Crippen LogP contribution is -2.42. The van der Waals surface area contributed by atoms with Crippen molar-refractivity contribution in [1.29, 1.82) is 0 Å². The van der Waals surface area contributed by atoms with E-state index in [4.69, 9.17) is 4.74 Å². The fourth-order valence-electron chi connectivity index (χ4n) is 3.08. The van der Waals surface area contributed by atoms with Crippen LogP contribution in [0.2, 0.25) is 0 Å². The number of Topliss-reactive ketones (excluding diaryl/α,β-unsaturated/α-hetero) is 1. The Bertz CT molecular complexity index is 699. The van der Waals surface area contributed by atoms with E-state index in [0.717, 1.165) is 42.7 Å². The first-order valence-corrected chi connectivity index (χ1v) is 8.28. The summed E-state index contributed by atoms with van der Waals surface area (Å²) in [6, 6.07) is 14.4. The van der Waals surface area contributed by atoms with Crippen LogP contribution in [0.15, 0.2) is 48.5 Å². The molecular weight excluding hydrogens is 305 g/mol. The van der Waals surface area contributed by atoms with Crippen LogP contribution in [-0.4, -0.2) is 36.5 Å². The highest BCUT2D eigenvalue weighted by Gasteiger charge is 2.21. The van der Waals surface area contributed by atoms with Crippen LogP contribution in [0.3, 0.4) is 0 Å². The molecule has 0 aliphatic carbocycles. The summed E-state index contributed by atoms with van der Waals surface area (Å²) in [5.74, 6) is -0.122. The van der Waals surface area contributed by atoms with Gasteiger partial charge in [0.05, 0.1) is 12.7 Å². The number of ketones is 1. The van der Waals surface area contributed by atoms with E-state index < -0.39 is 0 Å². The molecule has 0 saturated carbocycles. The number of carbonyl (C=O) groups is 1. The minimum Gasteiger partial charge on any atom is -0.375 e. The van der Waals surface area contributed by atoms with E-state index in [9.17, 15) is 9.18 Å². The molecule has 2 aromatic rings. The van der Waals surface area contributed by atoms with Crippen molar-refractivity contribution >= 4 is 5.78 Å². The average Bonchev–Trinajstić information content (AvgIpc) is 2.57. The molecule has 1 aliphatic heterocycles. The van der Waals surface area contributed by atoms with Crippen LogP contribution in [0.25, 0.3) is 0 Å². The van der Waals surface area contributed by atoms with Gasteiger partial charge in [-0.15, -0.1) is 0 Å². The Labute approximate surface area is 142 Å². The molecule has 3 rings (SSSR count). The van der Waals surface area contributed by atoms with Gasteiger partial charge in [-0.25, -0.2) is 4.39 Å². The van der Waals surface area contributed by atoms with Crippen molar-refractivity contribution in [2.24, 2.45) is 0 Å². The van der Waals surface area contributed by atoms with Crippen LogP contribution in [0.4, 0.5) is 4.39 Å². The van der Waals surface area contributed by atoms with E-state index in [2.05, 4.69) is 11.0 Å². The lowest BCUT2D eigenvalue weighted by atomic mass is 10.0. The summed E-state index contributed by atoms with van der Waals surface area (Å²) in [5, 5.41) is 0. The molecule has 126 valence electrons. The number of halogens is 1. The van der Waals surface area contributed by atoms with Crippen LogP contribution < -0.4 is 0 Å². The van der Waals surface area contributed by atoms with Crippen LogP contribution >= 0.6 is 0 Å². The van der Waals surface area contributed by atoms with E-state index in [0.29, 0.717) is 6.61 Å². The number of ether oxygens (including phenoxy) is 1. The number of nitrogens with zero attached hydrogens (tertiary/aromatic N) is 1. The zero-order valence-corrected chi connectivity index (χ0v) is 13.9. The van der Waals surface area contributed by atoms with Crippen molar-refractivity contribution in [2.45, 2.75) is 26.0 Å². The lowest BCUT2D eigenvalue weighted by molar-refractivity contribution is -0.0305. The van der Waals surface area contributed by atoms with Gasteiger partial charge in [0, 0.05) is 25.2 Å². The third-order valence-corrected chi connectivity index (χ3v) is 4.34. The van der Waals surface area contributed by atoms with Gasteiger partial charge in [-0.1, -0.05) is 30.3 Å². The minimum absolute atomic E-state index is 0.0908. The summed E-state index contributed by atoms with van der Waals surface area (Å²) in [4.78, 5) is 13.9. The molecular formula is C20H22FNO2. The normalized spacial score (nSPS) is 18.5. The van der Waals surface area contributed by atoms with Crippen LogP contribution in [0.5, 0.6) is 0 Å². The van der Waals surface area contributed by atoms with Gasteiger partial charge in [0.1, 0.15) is 5.82 Å². The largest absolute Gasteiger partial charge is 0.375 e. The number of carbonyl (C=O) groups excluding carboxylic acids is 1. The van der Waals surface area contributed by atoms with E-state index in [1.807, 2.05) is 30.3 Å². The smallest absolute Gasteiger partial charge is 0.159 e. The number of benzene rings is 2. The second-order valence-corrected chi connectivity index (χ2v) is 6.32. The van der Waals surface area contributed by atoms with Crippen LogP contribution in [-0.2, 0) is 17.7 Å². The molecule has 1 aliphatic rings. The van der Waals surface area contributed by atoms with Gasteiger partial charge in [-0.3, -0.25) is 9.69 Å². The molecule has 1 saturated heterocycles. The second-order valence-electron chi connectivity index (χ2n) is 6.32. The second kappa shape index (κ2) is 7.69. The maximum atomic E-state index is 13.0. The third kappa shape index (κ3) is 4.49. The summed E-state index contributed by atoms with van der Waals surface area (Å²) in [7, 11) is 0. The maximum absolute atomic E-state index is 13.0. The molecule has 0 amide bonds. The summed E-state index contributed by atoms with van der Waals surface area (Å²) < 4.78 is 18.8. The van der Waals surface area contributed by atoms with Crippen molar-refractivity contribution in [1.82, 2.24) is 4.90 Å². The average molecular weight is 327 g/mol. The number of morpholine rings is 1. The first-order chi connectivity index (χ1) is 11.6. The monoisotopic (exact) mass is 327 g/mol. The molecule has 0 unspecified atom stereocenters. The Morgan fingerprint density at radius 3 is 2.75 bits per heavy atom. The Balaban J connectivity index is 1.60. The highest BCUT2D eigenvalue weighted by Crippen LogP contribution is 2.16. The third-order valence-electron chi connectivity index (χ3n) is 4.34. The molecule has 2 aromatic carbocycles. The molecule has 0 N–H and O–H groups in total. The maximum Gasteiger partial charge on any atom is 0.159 e. The van der Waals surface area contributed by atoms with Gasteiger partial charge in [-0.05, 0) is 42.7 Å². The van der Waals surface area contributed by atoms with E-state index in [-0.39, 0.29) is 17.7 Å². The molecule has 0 aromatic heterocycles. The van der Waals surface area contributed by atoms with Crippen LogP contribution in [0.1, 0.15) is 28.4 Å². The van der Waals surface area contributed by atoms with Crippen molar-refractivity contribution in [3.63, 3.8) is 0 Å². The molecule has 1 atom stereocenters. The van der Waals surface area contributed by atoms with Gasteiger partial charge < -0.3 is 4.74 Å². The number of hydrogen-bond donors (Lipinski definition) is 0. The standard InChI is InChI=1S/C20H22FNO2/c1-15(23)18-4-2-3-17(11-18)13-22-9-10-24-20(14-22)12-16-5-7-19(21)8-6-16/h2-8,11,20H,9-10,12-14H2,1H3/t20-/m1/s1. The molecule has 3 nitrogen and oxygen atoms in total. The highest BCUT2D eigenvalue weighted by atomic mass is 19.1. The predicted octanol–water partition coefficient (Wildman–Crippen LogP) is 3.47. The van der Waals surface area contributed by atoms with E-state index in [1.54, 1.807) is 6.92 Å². The van der Waals surface area contributed by atoms with Crippen molar-refractivity contribution in [3.8, 4) is 0 Å². The van der Waals surface area contributed by atoms with Gasteiger partial charge in [0.15, 0.2) is 5.78 Å². The molecule has 4 heteroatoms. The predicted molar refractivity (Wildman–Crippen MR) is 91.6 cm³/mol. The summed E-state index contributed by atoms with van der Waals surface area (Å²) in [5.41, 5.74) is 2.98. The molecule has 1 fully saturated rings. The van der Waals surface area contributed by atoms with Crippen molar-refractivity contribution < 1.29 is 13.9 Å². The summed E-state index contributed by atoms with van der Waals surface area (Å²) in [6.07, 6.45) is 0.893.